The van der Waals surface area contributed by atoms with Crippen LogP contribution >= 0.6 is 0 Å². The highest BCUT2D eigenvalue weighted by molar-refractivity contribution is 5.93. The van der Waals surface area contributed by atoms with E-state index in [0.29, 0.717) is 18.5 Å². The van der Waals surface area contributed by atoms with Gasteiger partial charge in [-0.3, -0.25) is 14.8 Å². The highest BCUT2D eigenvalue weighted by atomic mass is 16.3. The second-order valence-corrected chi connectivity index (χ2v) is 6.73. The maximum atomic E-state index is 12.6. The van der Waals surface area contributed by atoms with E-state index in [4.69, 9.17) is 0 Å². The van der Waals surface area contributed by atoms with Crippen molar-refractivity contribution in [3.8, 4) is 0 Å². The molecule has 0 aliphatic carbocycles. The SMILES string of the molecule is Cc1cncc(C(=O)N(C)C[C@]2(O)CCCN(c3cnccn3)C2)c1. The van der Waals surface area contributed by atoms with Crippen LogP contribution < -0.4 is 4.90 Å². The number of piperidine rings is 1. The van der Waals surface area contributed by atoms with Crippen LogP contribution in [-0.4, -0.2) is 63.1 Å². The predicted octanol–water partition coefficient (Wildman–Crippen LogP) is 1.28. The average molecular weight is 341 g/mol. The van der Waals surface area contributed by atoms with E-state index in [2.05, 4.69) is 15.0 Å². The van der Waals surface area contributed by atoms with Gasteiger partial charge in [-0.2, -0.15) is 0 Å². The molecule has 0 saturated carbocycles. The molecule has 0 aromatic carbocycles. The van der Waals surface area contributed by atoms with E-state index in [-0.39, 0.29) is 12.5 Å². The molecular formula is C18H23N5O2. The minimum absolute atomic E-state index is 0.138. The summed E-state index contributed by atoms with van der Waals surface area (Å²) < 4.78 is 0. The Morgan fingerprint density at radius 1 is 1.32 bits per heavy atom. The minimum atomic E-state index is -0.975. The van der Waals surface area contributed by atoms with Crippen molar-refractivity contribution in [2.45, 2.75) is 25.4 Å². The van der Waals surface area contributed by atoms with Crippen molar-refractivity contribution in [2.24, 2.45) is 0 Å². The summed E-state index contributed by atoms with van der Waals surface area (Å²) in [6, 6.07) is 1.81. The molecule has 132 valence electrons. The number of β-amino-alcohol motifs (C(OH)–C–C–N with tert-alkyl or cyclic N) is 1. The molecule has 1 aliphatic rings. The molecule has 1 saturated heterocycles. The first kappa shape index (κ1) is 17.3. The number of carbonyl (C=O) groups excluding carboxylic acids is 1. The molecule has 0 unspecified atom stereocenters. The van der Waals surface area contributed by atoms with Gasteiger partial charge in [0.2, 0.25) is 0 Å². The van der Waals surface area contributed by atoms with Crippen molar-refractivity contribution in [2.75, 3.05) is 31.6 Å². The standard InChI is InChI=1S/C18H23N5O2/c1-14-8-15(10-20-9-14)17(24)22(2)12-18(25)4-3-7-23(13-18)16-11-19-5-6-21-16/h5-6,8-11,25H,3-4,7,12-13H2,1-2H3/t18-/m1/s1. The first-order valence-corrected chi connectivity index (χ1v) is 8.37. The zero-order valence-electron chi connectivity index (χ0n) is 14.6. The van der Waals surface area contributed by atoms with Gasteiger partial charge in [-0.1, -0.05) is 0 Å². The Balaban J connectivity index is 1.69. The lowest BCUT2D eigenvalue weighted by atomic mass is 9.92. The number of nitrogens with zero attached hydrogens (tertiary/aromatic N) is 5. The molecule has 2 aromatic rings. The monoisotopic (exact) mass is 341 g/mol. The molecular weight excluding hydrogens is 318 g/mol. The molecule has 7 nitrogen and oxygen atoms in total. The number of amides is 1. The number of anilines is 1. The smallest absolute Gasteiger partial charge is 0.255 e. The number of likely N-dealkylation sites (N-methyl/N-ethyl adjacent to an activating group) is 1. The lowest BCUT2D eigenvalue weighted by molar-refractivity contribution is -0.000157. The van der Waals surface area contributed by atoms with Crippen LogP contribution in [0.5, 0.6) is 0 Å². The lowest BCUT2D eigenvalue weighted by Gasteiger charge is -2.41. The maximum absolute atomic E-state index is 12.6. The van der Waals surface area contributed by atoms with Crippen LogP contribution in [0.4, 0.5) is 5.82 Å². The van der Waals surface area contributed by atoms with Gasteiger partial charge in [-0.15, -0.1) is 0 Å². The molecule has 25 heavy (non-hydrogen) atoms. The largest absolute Gasteiger partial charge is 0.386 e. The van der Waals surface area contributed by atoms with Crippen molar-refractivity contribution in [3.63, 3.8) is 0 Å². The van der Waals surface area contributed by atoms with Crippen LogP contribution in [0.3, 0.4) is 0 Å². The molecule has 1 fully saturated rings. The van der Waals surface area contributed by atoms with Crippen LogP contribution in [0, 0.1) is 6.92 Å². The molecule has 1 N–H and O–H groups in total. The highest BCUT2D eigenvalue weighted by Gasteiger charge is 2.36. The molecule has 1 aliphatic heterocycles. The Morgan fingerprint density at radius 3 is 2.88 bits per heavy atom. The number of aromatic nitrogens is 3. The summed E-state index contributed by atoms with van der Waals surface area (Å²) in [5.41, 5.74) is 0.495. The van der Waals surface area contributed by atoms with Crippen LogP contribution in [0.25, 0.3) is 0 Å². The van der Waals surface area contributed by atoms with E-state index in [1.165, 1.54) is 0 Å². The topological polar surface area (TPSA) is 82.5 Å². The maximum Gasteiger partial charge on any atom is 0.255 e. The van der Waals surface area contributed by atoms with Gasteiger partial charge in [0.25, 0.3) is 5.91 Å². The van der Waals surface area contributed by atoms with Gasteiger partial charge in [0, 0.05) is 44.9 Å². The van der Waals surface area contributed by atoms with E-state index in [1.807, 2.05) is 17.9 Å². The molecule has 0 bridgehead atoms. The molecule has 0 radical (unpaired) electrons. The Labute approximate surface area is 147 Å². The molecule has 7 heteroatoms. The van der Waals surface area contributed by atoms with Crippen LogP contribution in [0.15, 0.2) is 37.1 Å². The lowest BCUT2D eigenvalue weighted by Crippen LogP contribution is -2.54. The Bertz CT molecular complexity index is 739. The number of hydrogen-bond donors (Lipinski definition) is 1. The van der Waals surface area contributed by atoms with E-state index in [9.17, 15) is 9.90 Å². The predicted molar refractivity (Wildman–Crippen MR) is 94.4 cm³/mol. The average Bonchev–Trinajstić information content (AvgIpc) is 2.61. The second kappa shape index (κ2) is 7.14. The summed E-state index contributed by atoms with van der Waals surface area (Å²) in [6.45, 7) is 3.41. The first-order valence-electron chi connectivity index (χ1n) is 8.37. The van der Waals surface area contributed by atoms with E-state index >= 15 is 0 Å². The first-order chi connectivity index (χ1) is 12.0. The number of carbonyl (C=O) groups is 1. The number of aryl methyl sites for hydroxylation is 1. The van der Waals surface area contributed by atoms with Crippen molar-refractivity contribution >= 4 is 11.7 Å². The third kappa shape index (κ3) is 4.11. The van der Waals surface area contributed by atoms with E-state index < -0.39 is 5.60 Å². The molecule has 3 rings (SSSR count). The zero-order valence-corrected chi connectivity index (χ0v) is 14.6. The third-order valence-electron chi connectivity index (χ3n) is 4.43. The highest BCUT2D eigenvalue weighted by Crippen LogP contribution is 2.25. The summed E-state index contributed by atoms with van der Waals surface area (Å²) in [7, 11) is 1.71. The van der Waals surface area contributed by atoms with Gasteiger partial charge >= 0.3 is 0 Å². The minimum Gasteiger partial charge on any atom is -0.386 e. The van der Waals surface area contributed by atoms with E-state index in [1.54, 1.807) is 42.9 Å². The molecule has 1 amide bonds. The fourth-order valence-electron chi connectivity index (χ4n) is 3.30. The van der Waals surface area contributed by atoms with Crippen molar-refractivity contribution in [3.05, 3.63) is 48.2 Å². The molecule has 0 spiro atoms. The summed E-state index contributed by atoms with van der Waals surface area (Å²) in [5.74, 6) is 0.610. The normalized spacial score (nSPS) is 20.4. The molecule has 2 aromatic heterocycles. The number of pyridine rings is 1. The summed E-state index contributed by atoms with van der Waals surface area (Å²) >= 11 is 0. The van der Waals surface area contributed by atoms with Crippen LogP contribution in [-0.2, 0) is 0 Å². The molecule has 1 atom stereocenters. The summed E-state index contributed by atoms with van der Waals surface area (Å²) in [4.78, 5) is 28.6. The van der Waals surface area contributed by atoms with Crippen LogP contribution in [0.2, 0.25) is 0 Å². The quantitative estimate of drug-likeness (QED) is 0.902. The fourth-order valence-corrected chi connectivity index (χ4v) is 3.30. The Hall–Kier alpha value is -2.54. The van der Waals surface area contributed by atoms with Gasteiger partial charge in [0.05, 0.1) is 23.9 Å². The van der Waals surface area contributed by atoms with Crippen LogP contribution in [0.1, 0.15) is 28.8 Å². The number of hydrogen-bond acceptors (Lipinski definition) is 6. The third-order valence-corrected chi connectivity index (χ3v) is 4.43. The summed E-state index contributed by atoms with van der Waals surface area (Å²) in [5, 5.41) is 11.0. The second-order valence-electron chi connectivity index (χ2n) is 6.73. The Morgan fingerprint density at radius 2 is 2.16 bits per heavy atom. The Kier molecular flexibility index (Phi) is 4.94. The van der Waals surface area contributed by atoms with Gasteiger partial charge in [0.1, 0.15) is 5.82 Å². The molecule has 3 heterocycles. The van der Waals surface area contributed by atoms with Crippen molar-refractivity contribution < 1.29 is 9.90 Å². The fraction of sp³-hybridized carbons (Fsp3) is 0.444. The van der Waals surface area contributed by atoms with Gasteiger partial charge < -0.3 is 14.9 Å². The van der Waals surface area contributed by atoms with Gasteiger partial charge in [-0.05, 0) is 31.4 Å². The summed E-state index contributed by atoms with van der Waals surface area (Å²) in [6.07, 6.45) is 9.71. The van der Waals surface area contributed by atoms with Gasteiger partial charge in [-0.25, -0.2) is 4.98 Å². The van der Waals surface area contributed by atoms with Crippen molar-refractivity contribution in [1.82, 2.24) is 19.9 Å². The van der Waals surface area contributed by atoms with E-state index in [0.717, 1.165) is 24.3 Å². The van der Waals surface area contributed by atoms with Crippen molar-refractivity contribution in [1.29, 1.82) is 0 Å². The number of aliphatic hydroxyl groups is 1. The number of rotatable bonds is 4. The van der Waals surface area contributed by atoms with Gasteiger partial charge in [0.15, 0.2) is 0 Å². The zero-order chi connectivity index (χ0) is 17.9.